The van der Waals surface area contributed by atoms with Crippen molar-refractivity contribution in [2.45, 2.75) is 4.90 Å². The molecule has 0 atom stereocenters. The number of nitrogens with one attached hydrogen (secondary N) is 1. The molecule has 0 bridgehead atoms. The van der Waals surface area contributed by atoms with Crippen molar-refractivity contribution in [3.8, 4) is 0 Å². The first kappa shape index (κ1) is 11.6. The Kier molecular flexibility index (Phi) is 3.26. The van der Waals surface area contributed by atoms with Crippen molar-refractivity contribution in [2.75, 3.05) is 12.8 Å². The van der Waals surface area contributed by atoms with Gasteiger partial charge in [0.1, 0.15) is 4.90 Å². The molecule has 3 N–H and O–H groups in total. The Bertz CT molecular complexity index is 459. The van der Waals surface area contributed by atoms with Gasteiger partial charge in [0, 0.05) is 0 Å². The molecule has 0 saturated carbocycles. The van der Waals surface area contributed by atoms with Crippen molar-refractivity contribution in [3.05, 3.63) is 22.2 Å². The van der Waals surface area contributed by atoms with Gasteiger partial charge < -0.3 is 5.73 Å². The van der Waals surface area contributed by atoms with Gasteiger partial charge in [0.25, 0.3) is 0 Å². The molecule has 0 aromatic heterocycles. The number of anilines is 1. The van der Waals surface area contributed by atoms with E-state index in [9.17, 15) is 8.42 Å². The Morgan fingerprint density at radius 2 is 1.86 bits per heavy atom. The summed E-state index contributed by atoms with van der Waals surface area (Å²) in [5.74, 6) is 0. The molecule has 0 saturated heterocycles. The lowest BCUT2D eigenvalue weighted by Gasteiger charge is -2.06. The highest BCUT2D eigenvalue weighted by Gasteiger charge is 2.17. The predicted octanol–water partition coefficient (Wildman–Crippen LogP) is 1.48. The maximum absolute atomic E-state index is 11.4. The first-order chi connectivity index (χ1) is 6.38. The van der Waals surface area contributed by atoms with Gasteiger partial charge in [-0.05, 0) is 19.2 Å². The largest absolute Gasteiger partial charge is 0.397 e. The van der Waals surface area contributed by atoms with Gasteiger partial charge >= 0.3 is 0 Å². The molecule has 0 aliphatic rings. The van der Waals surface area contributed by atoms with Gasteiger partial charge in [-0.15, -0.1) is 0 Å². The smallest absolute Gasteiger partial charge is 0.241 e. The molecular formula is C7H8Cl2N2O2S. The van der Waals surface area contributed by atoms with E-state index < -0.39 is 10.0 Å². The van der Waals surface area contributed by atoms with Gasteiger partial charge in [0.15, 0.2) is 0 Å². The molecule has 1 rings (SSSR count). The van der Waals surface area contributed by atoms with Gasteiger partial charge in [-0.1, -0.05) is 23.2 Å². The molecule has 78 valence electrons. The fourth-order valence-corrected chi connectivity index (χ4v) is 2.37. The highest BCUT2D eigenvalue weighted by Crippen LogP contribution is 2.29. The van der Waals surface area contributed by atoms with Crippen LogP contribution in [-0.4, -0.2) is 15.5 Å². The van der Waals surface area contributed by atoms with E-state index in [1.165, 1.54) is 19.2 Å². The Hall–Kier alpha value is -0.490. The normalized spacial score (nSPS) is 11.6. The second kappa shape index (κ2) is 3.94. The lowest BCUT2D eigenvalue weighted by atomic mass is 10.3. The molecule has 0 unspecified atom stereocenters. The first-order valence-corrected chi connectivity index (χ1v) is 5.80. The lowest BCUT2D eigenvalue weighted by Crippen LogP contribution is -2.19. The van der Waals surface area contributed by atoms with E-state index >= 15 is 0 Å². The molecule has 0 radical (unpaired) electrons. The second-order valence-electron chi connectivity index (χ2n) is 2.51. The van der Waals surface area contributed by atoms with Crippen LogP contribution in [0.5, 0.6) is 0 Å². The van der Waals surface area contributed by atoms with Crippen LogP contribution in [0.1, 0.15) is 0 Å². The van der Waals surface area contributed by atoms with Crippen molar-refractivity contribution < 1.29 is 8.42 Å². The third-order valence-electron chi connectivity index (χ3n) is 1.61. The summed E-state index contributed by atoms with van der Waals surface area (Å²) < 4.78 is 24.9. The summed E-state index contributed by atoms with van der Waals surface area (Å²) in [6.45, 7) is 0. The standard InChI is InChI=1S/C7H8Cl2N2O2S/c1-11-14(12,13)7-3-4(8)6(10)2-5(7)9/h2-3,11H,10H2,1H3. The molecule has 1 aromatic rings. The van der Waals surface area contributed by atoms with Crippen LogP contribution in [0.3, 0.4) is 0 Å². The molecule has 1 aromatic carbocycles. The minimum atomic E-state index is -3.59. The van der Waals surface area contributed by atoms with Crippen LogP contribution in [-0.2, 0) is 10.0 Å². The lowest BCUT2D eigenvalue weighted by molar-refractivity contribution is 0.588. The van der Waals surface area contributed by atoms with E-state index in [-0.39, 0.29) is 20.6 Å². The zero-order valence-corrected chi connectivity index (χ0v) is 9.54. The Labute approximate surface area is 92.1 Å². The summed E-state index contributed by atoms with van der Waals surface area (Å²) in [5, 5.41) is 0.199. The van der Waals surface area contributed by atoms with E-state index in [0.29, 0.717) is 0 Å². The SMILES string of the molecule is CNS(=O)(=O)c1cc(Cl)c(N)cc1Cl. The third kappa shape index (κ3) is 2.12. The molecule has 4 nitrogen and oxygen atoms in total. The maximum atomic E-state index is 11.4. The molecule has 0 amide bonds. The van der Waals surface area contributed by atoms with Crippen LogP contribution >= 0.6 is 23.2 Å². The molecule has 0 aliphatic heterocycles. The summed E-state index contributed by atoms with van der Waals surface area (Å²) in [6.07, 6.45) is 0. The van der Waals surface area contributed by atoms with Gasteiger partial charge in [0.2, 0.25) is 10.0 Å². The summed E-state index contributed by atoms with van der Waals surface area (Å²) in [6, 6.07) is 2.51. The predicted molar refractivity (Wildman–Crippen MR) is 57.1 cm³/mol. The number of hydrogen-bond donors (Lipinski definition) is 2. The fourth-order valence-electron chi connectivity index (χ4n) is 0.860. The number of sulfonamides is 1. The van der Waals surface area contributed by atoms with Crippen LogP contribution in [0.2, 0.25) is 10.0 Å². The molecule has 7 heteroatoms. The summed E-state index contributed by atoms with van der Waals surface area (Å²) in [4.78, 5) is -0.0825. The number of nitrogens with two attached hydrogens (primary N) is 1. The zero-order chi connectivity index (χ0) is 10.9. The van der Waals surface area contributed by atoms with Gasteiger partial charge in [0.05, 0.1) is 15.7 Å². The number of rotatable bonds is 2. The molecule has 0 spiro atoms. The van der Waals surface area contributed by atoms with E-state index in [4.69, 9.17) is 28.9 Å². The number of benzene rings is 1. The number of halogens is 2. The summed E-state index contributed by atoms with van der Waals surface area (Å²) in [7, 11) is -2.30. The second-order valence-corrected chi connectivity index (χ2v) is 5.18. The molecule has 0 fully saturated rings. The first-order valence-electron chi connectivity index (χ1n) is 3.56. The Morgan fingerprint density at radius 1 is 1.29 bits per heavy atom. The quantitative estimate of drug-likeness (QED) is 0.786. The van der Waals surface area contributed by atoms with Crippen LogP contribution in [0, 0.1) is 0 Å². The van der Waals surface area contributed by atoms with E-state index in [1.54, 1.807) is 0 Å². The van der Waals surface area contributed by atoms with Gasteiger partial charge in [-0.25, -0.2) is 13.1 Å². The Balaban J connectivity index is 3.45. The number of hydrogen-bond acceptors (Lipinski definition) is 3. The van der Waals surface area contributed by atoms with Crippen molar-refractivity contribution in [3.63, 3.8) is 0 Å². The van der Waals surface area contributed by atoms with Crippen molar-refractivity contribution >= 4 is 38.9 Å². The minimum absolute atomic E-state index is 0.0428. The van der Waals surface area contributed by atoms with Gasteiger partial charge in [-0.3, -0.25) is 0 Å². The highest BCUT2D eigenvalue weighted by molar-refractivity contribution is 7.89. The van der Waals surface area contributed by atoms with Crippen LogP contribution < -0.4 is 10.5 Å². The molecular weight excluding hydrogens is 247 g/mol. The van der Waals surface area contributed by atoms with Gasteiger partial charge in [-0.2, -0.15) is 0 Å². The van der Waals surface area contributed by atoms with Crippen LogP contribution in [0.4, 0.5) is 5.69 Å². The fraction of sp³-hybridized carbons (Fsp3) is 0.143. The summed E-state index contributed by atoms with van der Waals surface area (Å²) in [5.41, 5.74) is 5.68. The Morgan fingerprint density at radius 3 is 2.36 bits per heavy atom. The van der Waals surface area contributed by atoms with Crippen LogP contribution in [0.25, 0.3) is 0 Å². The van der Waals surface area contributed by atoms with E-state index in [2.05, 4.69) is 4.72 Å². The zero-order valence-electron chi connectivity index (χ0n) is 7.21. The maximum Gasteiger partial charge on any atom is 0.241 e. The average Bonchev–Trinajstić information content (AvgIpc) is 2.11. The minimum Gasteiger partial charge on any atom is -0.397 e. The van der Waals surface area contributed by atoms with Crippen molar-refractivity contribution in [1.29, 1.82) is 0 Å². The van der Waals surface area contributed by atoms with E-state index in [0.717, 1.165) is 0 Å². The van der Waals surface area contributed by atoms with E-state index in [1.807, 2.05) is 0 Å². The topological polar surface area (TPSA) is 72.2 Å². The monoisotopic (exact) mass is 254 g/mol. The molecule has 14 heavy (non-hydrogen) atoms. The molecule has 0 aliphatic carbocycles. The molecule has 0 heterocycles. The highest BCUT2D eigenvalue weighted by atomic mass is 35.5. The average molecular weight is 255 g/mol. The number of nitrogen functional groups attached to an aromatic ring is 1. The van der Waals surface area contributed by atoms with Crippen LogP contribution in [0.15, 0.2) is 17.0 Å². The summed E-state index contributed by atoms with van der Waals surface area (Å²) >= 11 is 11.4. The van der Waals surface area contributed by atoms with Crippen molar-refractivity contribution in [1.82, 2.24) is 4.72 Å². The third-order valence-corrected chi connectivity index (χ3v) is 3.82. The van der Waals surface area contributed by atoms with Crippen molar-refractivity contribution in [2.24, 2.45) is 0 Å².